The summed E-state index contributed by atoms with van der Waals surface area (Å²) in [4.78, 5) is 27.9. The lowest BCUT2D eigenvalue weighted by atomic mass is 9.87. The van der Waals surface area contributed by atoms with Crippen molar-refractivity contribution in [3.05, 3.63) is 124 Å². The lowest BCUT2D eigenvalue weighted by Crippen LogP contribution is -2.41. The first-order chi connectivity index (χ1) is 19.4. The molecular formula is C34H34N2O4. The molecule has 2 aliphatic rings. The summed E-state index contributed by atoms with van der Waals surface area (Å²) in [5.74, 6) is 1.69. The largest absolute Gasteiger partial charge is 0.486 e. The Balaban J connectivity index is 1.16. The predicted molar refractivity (Wildman–Crippen MR) is 153 cm³/mol. The quantitative estimate of drug-likeness (QED) is 0.288. The molecule has 4 aromatic rings. The average Bonchev–Trinajstić information content (AvgIpc) is 3.71. The zero-order valence-corrected chi connectivity index (χ0v) is 23.0. The number of hydrogen-bond donors (Lipinski definition) is 1. The van der Waals surface area contributed by atoms with Crippen LogP contribution < -0.4 is 10.1 Å². The summed E-state index contributed by atoms with van der Waals surface area (Å²) in [5.41, 5.74) is 6.85. The first kappa shape index (κ1) is 25.9. The molecule has 0 spiro atoms. The summed E-state index contributed by atoms with van der Waals surface area (Å²) in [6.07, 6.45) is 2.80. The number of nitrogens with one attached hydrogen (secondary N) is 1. The third kappa shape index (κ3) is 5.67. The number of carbonyl (C=O) groups excluding carboxylic acids is 2. The molecule has 1 aliphatic carbocycles. The summed E-state index contributed by atoms with van der Waals surface area (Å²) >= 11 is 0. The Morgan fingerprint density at radius 3 is 2.55 bits per heavy atom. The Hall–Kier alpha value is -4.32. The molecule has 2 heterocycles. The van der Waals surface area contributed by atoms with Crippen molar-refractivity contribution in [3.63, 3.8) is 0 Å². The van der Waals surface area contributed by atoms with Gasteiger partial charge in [-0.25, -0.2) is 0 Å². The van der Waals surface area contributed by atoms with E-state index >= 15 is 0 Å². The van der Waals surface area contributed by atoms with E-state index in [0.29, 0.717) is 18.1 Å². The molecule has 3 aromatic carbocycles. The van der Waals surface area contributed by atoms with Crippen molar-refractivity contribution in [1.82, 2.24) is 10.2 Å². The van der Waals surface area contributed by atoms with Crippen molar-refractivity contribution in [2.45, 2.75) is 52.3 Å². The molecule has 1 saturated carbocycles. The molecule has 40 heavy (non-hydrogen) atoms. The number of aryl methyl sites for hydroxylation is 2. The summed E-state index contributed by atoms with van der Waals surface area (Å²) in [7, 11) is 0. The number of rotatable bonds is 8. The minimum Gasteiger partial charge on any atom is -0.486 e. The normalized spacial score (nSPS) is 16.4. The van der Waals surface area contributed by atoms with Crippen LogP contribution in [0, 0.1) is 19.8 Å². The number of hydrogen-bond acceptors (Lipinski definition) is 4. The molecule has 204 valence electrons. The Labute approximate surface area is 235 Å². The van der Waals surface area contributed by atoms with E-state index in [4.69, 9.17) is 9.15 Å². The van der Waals surface area contributed by atoms with E-state index < -0.39 is 0 Å². The van der Waals surface area contributed by atoms with Crippen molar-refractivity contribution in [2.24, 2.45) is 5.92 Å². The van der Waals surface area contributed by atoms with Gasteiger partial charge in [-0.2, -0.15) is 0 Å². The second kappa shape index (κ2) is 11.0. The SMILES string of the molecule is Cc1ccc(C2c3cc(OCc4ccc(C(=O)NCc5cccc(C)c5)o4)ccc3CCN2C(=O)C2CC2)cc1. The van der Waals surface area contributed by atoms with Crippen LogP contribution in [-0.2, 0) is 24.4 Å². The maximum atomic E-state index is 13.3. The fraction of sp³-hybridized carbons (Fsp3) is 0.294. The lowest BCUT2D eigenvalue weighted by Gasteiger charge is -2.38. The van der Waals surface area contributed by atoms with Crippen molar-refractivity contribution < 1.29 is 18.7 Å². The number of nitrogens with zero attached hydrogens (tertiary/aromatic N) is 1. The minimum atomic E-state index is -0.261. The van der Waals surface area contributed by atoms with E-state index in [9.17, 15) is 9.59 Å². The molecule has 0 bridgehead atoms. The van der Waals surface area contributed by atoms with E-state index in [1.807, 2.05) is 37.3 Å². The monoisotopic (exact) mass is 534 g/mol. The summed E-state index contributed by atoms with van der Waals surface area (Å²) in [5, 5.41) is 2.91. The van der Waals surface area contributed by atoms with Crippen molar-refractivity contribution in [2.75, 3.05) is 6.54 Å². The molecule has 1 N–H and O–H groups in total. The first-order valence-corrected chi connectivity index (χ1v) is 14.0. The summed E-state index contributed by atoms with van der Waals surface area (Å²) in [6.45, 7) is 5.46. The topological polar surface area (TPSA) is 71.8 Å². The molecule has 6 rings (SSSR count). The second-order valence-electron chi connectivity index (χ2n) is 11.0. The molecule has 1 unspecified atom stereocenters. The van der Waals surface area contributed by atoms with Crippen LogP contribution in [0.15, 0.2) is 83.3 Å². The molecule has 1 aromatic heterocycles. The van der Waals surface area contributed by atoms with Gasteiger partial charge in [0.15, 0.2) is 5.76 Å². The third-order valence-electron chi connectivity index (χ3n) is 7.75. The number of amides is 2. The Morgan fingerprint density at radius 1 is 0.950 bits per heavy atom. The fourth-order valence-electron chi connectivity index (χ4n) is 5.42. The fourth-order valence-corrected chi connectivity index (χ4v) is 5.42. The van der Waals surface area contributed by atoms with Gasteiger partial charge in [0.25, 0.3) is 5.91 Å². The number of fused-ring (bicyclic) bond motifs is 1. The molecule has 0 saturated heterocycles. The van der Waals surface area contributed by atoms with E-state index in [1.165, 1.54) is 11.1 Å². The Morgan fingerprint density at radius 2 is 1.77 bits per heavy atom. The molecule has 1 fully saturated rings. The van der Waals surface area contributed by atoms with Crippen LogP contribution in [0.2, 0.25) is 0 Å². The van der Waals surface area contributed by atoms with Gasteiger partial charge in [0.1, 0.15) is 18.1 Å². The third-order valence-corrected chi connectivity index (χ3v) is 7.75. The molecule has 2 amide bonds. The van der Waals surface area contributed by atoms with E-state index in [-0.39, 0.29) is 36.1 Å². The van der Waals surface area contributed by atoms with Crippen LogP contribution in [-0.4, -0.2) is 23.3 Å². The second-order valence-corrected chi connectivity index (χ2v) is 11.0. The zero-order valence-electron chi connectivity index (χ0n) is 23.0. The summed E-state index contributed by atoms with van der Waals surface area (Å²) < 4.78 is 11.9. The lowest BCUT2D eigenvalue weighted by molar-refractivity contribution is -0.134. The molecular weight excluding hydrogens is 500 g/mol. The average molecular weight is 535 g/mol. The molecule has 1 aliphatic heterocycles. The van der Waals surface area contributed by atoms with Gasteiger partial charge in [0, 0.05) is 19.0 Å². The van der Waals surface area contributed by atoms with Gasteiger partial charge in [0.05, 0.1) is 6.04 Å². The van der Waals surface area contributed by atoms with Crippen LogP contribution >= 0.6 is 0 Å². The molecule has 1 atom stereocenters. The highest BCUT2D eigenvalue weighted by Crippen LogP contribution is 2.41. The van der Waals surface area contributed by atoms with Crippen molar-refractivity contribution in [3.8, 4) is 5.75 Å². The van der Waals surface area contributed by atoms with Crippen LogP contribution in [0.1, 0.15) is 68.6 Å². The first-order valence-electron chi connectivity index (χ1n) is 14.0. The van der Waals surface area contributed by atoms with Crippen LogP contribution in [0.4, 0.5) is 0 Å². The van der Waals surface area contributed by atoms with Gasteiger partial charge in [-0.15, -0.1) is 0 Å². The van der Waals surface area contributed by atoms with Gasteiger partial charge >= 0.3 is 0 Å². The number of benzene rings is 3. The van der Waals surface area contributed by atoms with Crippen molar-refractivity contribution >= 4 is 11.8 Å². The van der Waals surface area contributed by atoms with Gasteiger partial charge in [-0.1, -0.05) is 65.7 Å². The number of ether oxygens (including phenoxy) is 1. The van der Waals surface area contributed by atoms with Gasteiger partial charge in [-0.3, -0.25) is 9.59 Å². The molecule has 0 radical (unpaired) electrons. The van der Waals surface area contributed by atoms with Gasteiger partial charge in [0.2, 0.25) is 5.91 Å². The summed E-state index contributed by atoms with van der Waals surface area (Å²) in [6, 6.07) is 26.0. The standard InChI is InChI=1S/C34H34N2O4/c1-22-6-8-26(9-7-22)32-30-19-28(13-12-25(30)16-17-36(32)34(38)27-10-11-27)39-21-29-14-15-31(40-29)33(37)35-20-24-5-3-4-23(2)18-24/h3-9,12-15,18-19,27,32H,10-11,16-17,20-21H2,1-2H3,(H,35,37). The predicted octanol–water partition coefficient (Wildman–Crippen LogP) is 6.29. The molecule has 6 nitrogen and oxygen atoms in total. The highest BCUT2D eigenvalue weighted by atomic mass is 16.5. The van der Waals surface area contributed by atoms with E-state index in [2.05, 4.69) is 53.5 Å². The zero-order chi connectivity index (χ0) is 27.6. The van der Waals surface area contributed by atoms with Gasteiger partial charge < -0.3 is 19.4 Å². The smallest absolute Gasteiger partial charge is 0.287 e. The van der Waals surface area contributed by atoms with E-state index in [0.717, 1.165) is 48.1 Å². The van der Waals surface area contributed by atoms with Gasteiger partial charge in [-0.05, 0) is 79.6 Å². The van der Waals surface area contributed by atoms with Crippen LogP contribution in [0.3, 0.4) is 0 Å². The Bertz CT molecular complexity index is 1530. The van der Waals surface area contributed by atoms with Crippen molar-refractivity contribution in [1.29, 1.82) is 0 Å². The van der Waals surface area contributed by atoms with E-state index in [1.54, 1.807) is 12.1 Å². The highest BCUT2D eigenvalue weighted by molar-refractivity contribution is 5.91. The Kier molecular flexibility index (Phi) is 7.16. The minimum absolute atomic E-state index is 0.131. The highest BCUT2D eigenvalue weighted by Gasteiger charge is 2.39. The maximum Gasteiger partial charge on any atom is 0.287 e. The number of carbonyl (C=O) groups is 2. The van der Waals surface area contributed by atoms with Crippen LogP contribution in [0.5, 0.6) is 5.75 Å². The van der Waals surface area contributed by atoms with Crippen LogP contribution in [0.25, 0.3) is 0 Å². The molecule has 6 heteroatoms. The number of furan rings is 1. The maximum absolute atomic E-state index is 13.3.